The van der Waals surface area contributed by atoms with Gasteiger partial charge in [-0.1, -0.05) is 0 Å². The molecule has 11 nitrogen and oxygen atoms in total. The molecule has 0 radical (unpaired) electrons. The fourth-order valence-electron chi connectivity index (χ4n) is 2.32. The fraction of sp³-hybridized carbons (Fsp3) is 0.733. The van der Waals surface area contributed by atoms with Crippen LogP contribution in [0.15, 0.2) is 0 Å². The molecule has 0 saturated carbocycles. The molecule has 0 aromatic carbocycles. The Morgan fingerprint density at radius 2 is 1.38 bits per heavy atom. The fourth-order valence-corrected chi connectivity index (χ4v) is 2.32. The molecule has 5 atom stereocenters. The van der Waals surface area contributed by atoms with Crippen molar-refractivity contribution < 1.29 is 52.7 Å². The van der Waals surface area contributed by atoms with Crippen LogP contribution in [0.1, 0.15) is 20.8 Å². The van der Waals surface area contributed by atoms with Crippen molar-refractivity contribution in [1.29, 1.82) is 0 Å². The zero-order valence-electron chi connectivity index (χ0n) is 14.8. The summed E-state index contributed by atoms with van der Waals surface area (Å²) in [4.78, 5) is 45.2. The van der Waals surface area contributed by atoms with Gasteiger partial charge in [-0.2, -0.15) is 0 Å². The summed E-state index contributed by atoms with van der Waals surface area (Å²) in [5.41, 5.74) is 0. The number of hydrogen-bond donors (Lipinski definition) is 1. The van der Waals surface area contributed by atoms with Gasteiger partial charge in [-0.25, -0.2) is 4.79 Å². The van der Waals surface area contributed by atoms with Crippen LogP contribution in [0.4, 0.5) is 0 Å². The van der Waals surface area contributed by atoms with Gasteiger partial charge < -0.3 is 33.5 Å². The molecule has 0 bridgehead atoms. The molecular formula is C15H22O11. The minimum atomic E-state index is -1.68. The molecule has 26 heavy (non-hydrogen) atoms. The van der Waals surface area contributed by atoms with Crippen molar-refractivity contribution >= 4 is 23.9 Å². The van der Waals surface area contributed by atoms with Crippen molar-refractivity contribution in [3.63, 3.8) is 0 Å². The second-order valence-corrected chi connectivity index (χ2v) is 5.38. The van der Waals surface area contributed by atoms with Gasteiger partial charge in [-0.3, -0.25) is 14.4 Å². The summed E-state index contributed by atoms with van der Waals surface area (Å²) in [5.74, 6) is -2.91. The van der Waals surface area contributed by atoms with E-state index in [9.17, 15) is 24.3 Å². The molecule has 148 valence electrons. The molecule has 0 spiro atoms. The molecule has 1 fully saturated rings. The second kappa shape index (κ2) is 10.0. The Labute approximate surface area is 149 Å². The number of carbonyl (C=O) groups is 4. The average Bonchev–Trinajstić information content (AvgIpc) is 2.52. The summed E-state index contributed by atoms with van der Waals surface area (Å²) < 4.78 is 29.9. The SMILES string of the molecule is COC(=O)COC[C@H]1OC(O)[C@H](OC(C)=O)[C@@H](OC(C)=O)[C@H]1OC(C)=O. The highest BCUT2D eigenvalue weighted by atomic mass is 16.7. The van der Waals surface area contributed by atoms with Crippen LogP contribution in [-0.4, -0.2) is 80.0 Å². The smallest absolute Gasteiger partial charge is 0.331 e. The standard InChI is InChI=1S/C15H22O11/c1-7(16)23-12-10(5-22-6-11(19)21-4)26-15(20)14(25-9(3)18)13(12)24-8(2)17/h10,12-15,20H,5-6H2,1-4H3/t10-,12+,13+,14-,15?/m1/s1. The van der Waals surface area contributed by atoms with Crippen LogP contribution in [0.2, 0.25) is 0 Å². The number of aliphatic hydroxyl groups excluding tert-OH is 1. The maximum Gasteiger partial charge on any atom is 0.331 e. The van der Waals surface area contributed by atoms with Gasteiger partial charge >= 0.3 is 23.9 Å². The van der Waals surface area contributed by atoms with Crippen molar-refractivity contribution in [2.24, 2.45) is 0 Å². The lowest BCUT2D eigenvalue weighted by Gasteiger charge is -2.42. The van der Waals surface area contributed by atoms with Crippen LogP contribution in [0.5, 0.6) is 0 Å². The van der Waals surface area contributed by atoms with E-state index in [4.69, 9.17) is 23.7 Å². The number of esters is 4. The van der Waals surface area contributed by atoms with Crippen LogP contribution >= 0.6 is 0 Å². The average molecular weight is 378 g/mol. The number of rotatable bonds is 7. The van der Waals surface area contributed by atoms with Crippen LogP contribution in [0.3, 0.4) is 0 Å². The highest BCUT2D eigenvalue weighted by Crippen LogP contribution is 2.28. The molecule has 0 amide bonds. The third-order valence-electron chi connectivity index (χ3n) is 3.25. The van der Waals surface area contributed by atoms with Gasteiger partial charge in [-0.05, 0) is 0 Å². The molecule has 0 aliphatic carbocycles. The van der Waals surface area contributed by atoms with Crippen LogP contribution in [0.25, 0.3) is 0 Å². The second-order valence-electron chi connectivity index (χ2n) is 5.38. The van der Waals surface area contributed by atoms with E-state index in [1.807, 2.05) is 0 Å². The summed E-state index contributed by atoms with van der Waals surface area (Å²) in [5, 5.41) is 10.1. The van der Waals surface area contributed by atoms with Crippen molar-refractivity contribution in [1.82, 2.24) is 0 Å². The quantitative estimate of drug-likeness (QED) is 0.416. The minimum absolute atomic E-state index is 0.297. The zero-order chi connectivity index (χ0) is 19.9. The molecule has 0 aromatic heterocycles. The zero-order valence-corrected chi connectivity index (χ0v) is 14.8. The van der Waals surface area contributed by atoms with Gasteiger partial charge in [0.25, 0.3) is 0 Å². The predicted octanol–water partition coefficient (Wildman–Crippen LogP) is -1.31. The molecule has 1 N–H and O–H groups in total. The highest BCUT2D eigenvalue weighted by Gasteiger charge is 2.51. The van der Waals surface area contributed by atoms with E-state index >= 15 is 0 Å². The lowest BCUT2D eigenvalue weighted by Crippen LogP contribution is -2.62. The monoisotopic (exact) mass is 378 g/mol. The third-order valence-corrected chi connectivity index (χ3v) is 3.25. The molecule has 1 saturated heterocycles. The van der Waals surface area contributed by atoms with Gasteiger partial charge in [0.15, 0.2) is 24.6 Å². The van der Waals surface area contributed by atoms with E-state index in [1.165, 1.54) is 7.11 Å². The largest absolute Gasteiger partial charge is 0.467 e. The molecule has 0 aromatic rings. The molecule has 1 unspecified atom stereocenters. The first-order valence-electron chi connectivity index (χ1n) is 7.65. The van der Waals surface area contributed by atoms with Crippen molar-refractivity contribution in [2.45, 2.75) is 51.5 Å². The number of ether oxygens (including phenoxy) is 6. The van der Waals surface area contributed by atoms with Gasteiger partial charge in [0, 0.05) is 20.8 Å². The van der Waals surface area contributed by atoms with Crippen LogP contribution in [0, 0.1) is 0 Å². The maximum absolute atomic E-state index is 11.4. The Hall–Kier alpha value is -2.24. The summed E-state index contributed by atoms with van der Waals surface area (Å²) >= 11 is 0. The van der Waals surface area contributed by atoms with E-state index < -0.39 is 61.2 Å². The van der Waals surface area contributed by atoms with Crippen molar-refractivity contribution in [3.05, 3.63) is 0 Å². The van der Waals surface area contributed by atoms with E-state index in [1.54, 1.807) is 0 Å². The molecule has 1 aliphatic rings. The Bertz CT molecular complexity index is 532. The van der Waals surface area contributed by atoms with Gasteiger partial charge in [-0.15, -0.1) is 0 Å². The molecule has 1 heterocycles. The first-order valence-corrected chi connectivity index (χ1v) is 7.65. The van der Waals surface area contributed by atoms with Crippen molar-refractivity contribution in [3.8, 4) is 0 Å². The van der Waals surface area contributed by atoms with E-state index in [0.717, 1.165) is 20.8 Å². The molecule has 11 heteroatoms. The Kier molecular flexibility index (Phi) is 8.42. The summed E-state index contributed by atoms with van der Waals surface area (Å²) in [6, 6.07) is 0. The van der Waals surface area contributed by atoms with Gasteiger partial charge in [0.1, 0.15) is 12.7 Å². The first kappa shape index (κ1) is 21.8. The number of aliphatic hydroxyl groups is 1. The Morgan fingerprint density at radius 1 is 0.885 bits per heavy atom. The number of hydrogen-bond acceptors (Lipinski definition) is 11. The number of methoxy groups -OCH3 is 1. The van der Waals surface area contributed by atoms with Crippen molar-refractivity contribution in [2.75, 3.05) is 20.3 Å². The van der Waals surface area contributed by atoms with Crippen LogP contribution < -0.4 is 0 Å². The van der Waals surface area contributed by atoms with Crippen LogP contribution in [-0.2, 0) is 47.6 Å². The van der Waals surface area contributed by atoms with Gasteiger partial charge in [0.05, 0.1) is 13.7 Å². The molecular weight excluding hydrogens is 356 g/mol. The Balaban J connectivity index is 3.01. The highest BCUT2D eigenvalue weighted by molar-refractivity contribution is 5.70. The normalized spacial score (nSPS) is 28.0. The first-order chi connectivity index (χ1) is 12.1. The number of carbonyl (C=O) groups excluding carboxylic acids is 4. The lowest BCUT2D eigenvalue weighted by atomic mass is 9.98. The predicted molar refractivity (Wildman–Crippen MR) is 80.4 cm³/mol. The topological polar surface area (TPSA) is 144 Å². The van der Waals surface area contributed by atoms with E-state index in [-0.39, 0.29) is 6.61 Å². The van der Waals surface area contributed by atoms with Gasteiger partial charge in [0.2, 0.25) is 0 Å². The minimum Gasteiger partial charge on any atom is -0.467 e. The summed E-state index contributed by atoms with van der Waals surface area (Å²) in [7, 11) is 1.18. The molecule has 1 rings (SSSR count). The molecule has 1 aliphatic heterocycles. The van der Waals surface area contributed by atoms with E-state index in [0.29, 0.717) is 0 Å². The third kappa shape index (κ3) is 6.58. The Morgan fingerprint density at radius 3 is 1.88 bits per heavy atom. The lowest BCUT2D eigenvalue weighted by molar-refractivity contribution is -0.297. The summed E-state index contributed by atoms with van der Waals surface area (Å²) in [6.45, 7) is 2.59. The summed E-state index contributed by atoms with van der Waals surface area (Å²) in [6.07, 6.45) is -6.79. The maximum atomic E-state index is 11.4. The van der Waals surface area contributed by atoms with E-state index in [2.05, 4.69) is 4.74 Å².